The molecule has 14 heavy (non-hydrogen) atoms. The van der Waals surface area contributed by atoms with Crippen molar-refractivity contribution in [2.75, 3.05) is 0 Å². The lowest BCUT2D eigenvalue weighted by Gasteiger charge is -2.25. The summed E-state index contributed by atoms with van der Waals surface area (Å²) < 4.78 is 0. The zero-order valence-electron chi connectivity index (χ0n) is 7.84. The average molecular weight is 195 g/mol. The van der Waals surface area contributed by atoms with Crippen LogP contribution in [0.3, 0.4) is 0 Å². The van der Waals surface area contributed by atoms with Crippen LogP contribution in [-0.4, -0.2) is 21.9 Å². The first kappa shape index (κ1) is 10.7. The van der Waals surface area contributed by atoms with Crippen LogP contribution in [0.25, 0.3) is 0 Å². The molecular weight excluding hydrogens is 182 g/mol. The predicted molar refractivity (Wildman–Crippen MR) is 51.6 cm³/mol. The Morgan fingerprint density at radius 2 is 1.93 bits per heavy atom. The molecule has 0 bridgehead atoms. The largest absolute Gasteiger partial charge is 0.478 e. The first-order chi connectivity index (χ1) is 6.46. The molecule has 0 radical (unpaired) electrons. The van der Waals surface area contributed by atoms with Gasteiger partial charge in [-0.05, 0) is 5.56 Å². The molecule has 2 atom stereocenters. The van der Waals surface area contributed by atoms with Crippen molar-refractivity contribution in [2.45, 2.75) is 18.6 Å². The smallest absolute Gasteiger partial charge is 0.351 e. The molecule has 0 aliphatic carbocycles. The van der Waals surface area contributed by atoms with Gasteiger partial charge in [0, 0.05) is 5.92 Å². The van der Waals surface area contributed by atoms with Gasteiger partial charge in [-0.2, -0.15) is 0 Å². The van der Waals surface area contributed by atoms with Crippen LogP contribution >= 0.6 is 0 Å². The fourth-order valence-electron chi connectivity index (χ4n) is 1.18. The number of carboxylic acid groups (broad SMARTS) is 1. The summed E-state index contributed by atoms with van der Waals surface area (Å²) in [5.41, 5.74) is 3.76. The van der Waals surface area contributed by atoms with E-state index in [9.17, 15) is 9.90 Å². The first-order valence-corrected chi connectivity index (χ1v) is 4.26. The fraction of sp³-hybridized carbons (Fsp3) is 0.300. The van der Waals surface area contributed by atoms with Crippen molar-refractivity contribution in [1.29, 1.82) is 0 Å². The zero-order valence-corrected chi connectivity index (χ0v) is 7.84. The van der Waals surface area contributed by atoms with Gasteiger partial charge in [0.05, 0.1) is 0 Å². The monoisotopic (exact) mass is 195 g/mol. The highest BCUT2D eigenvalue weighted by Crippen LogP contribution is 2.23. The first-order valence-electron chi connectivity index (χ1n) is 4.26. The molecule has 0 amide bonds. The number of rotatable bonds is 3. The summed E-state index contributed by atoms with van der Waals surface area (Å²) in [5, 5.41) is 18.2. The molecule has 1 unspecified atom stereocenters. The van der Waals surface area contributed by atoms with Crippen molar-refractivity contribution >= 4 is 5.97 Å². The maximum atomic E-state index is 10.7. The third-order valence-electron chi connectivity index (χ3n) is 2.30. The SMILES string of the molecule is CC(c1ccccc1)[C@](N)(O)C(=O)O. The molecule has 4 heteroatoms. The Morgan fingerprint density at radius 1 is 1.43 bits per heavy atom. The summed E-state index contributed by atoms with van der Waals surface area (Å²) >= 11 is 0. The second-order valence-corrected chi connectivity index (χ2v) is 3.26. The Bertz CT molecular complexity index is 321. The van der Waals surface area contributed by atoms with Crippen LogP contribution in [0.1, 0.15) is 18.4 Å². The molecule has 1 aromatic carbocycles. The molecule has 1 aromatic rings. The van der Waals surface area contributed by atoms with Gasteiger partial charge in [-0.1, -0.05) is 37.3 Å². The van der Waals surface area contributed by atoms with Crippen molar-refractivity contribution < 1.29 is 15.0 Å². The fourth-order valence-corrected chi connectivity index (χ4v) is 1.18. The van der Waals surface area contributed by atoms with Crippen LogP contribution in [0.5, 0.6) is 0 Å². The normalized spacial score (nSPS) is 17.1. The Kier molecular flexibility index (Phi) is 2.88. The van der Waals surface area contributed by atoms with E-state index in [4.69, 9.17) is 10.8 Å². The minimum Gasteiger partial charge on any atom is -0.478 e. The quantitative estimate of drug-likeness (QED) is 0.614. The van der Waals surface area contributed by atoms with Gasteiger partial charge in [0.2, 0.25) is 5.72 Å². The average Bonchev–Trinajstić information content (AvgIpc) is 2.17. The van der Waals surface area contributed by atoms with E-state index in [0.29, 0.717) is 5.56 Å². The van der Waals surface area contributed by atoms with Crippen LogP contribution in [0.15, 0.2) is 30.3 Å². The summed E-state index contributed by atoms with van der Waals surface area (Å²) in [5.74, 6) is -2.07. The highest BCUT2D eigenvalue weighted by molar-refractivity contribution is 5.77. The third kappa shape index (κ3) is 1.92. The van der Waals surface area contributed by atoms with Crippen LogP contribution in [0.4, 0.5) is 0 Å². The molecule has 76 valence electrons. The van der Waals surface area contributed by atoms with E-state index < -0.39 is 17.6 Å². The van der Waals surface area contributed by atoms with Crippen LogP contribution in [0.2, 0.25) is 0 Å². The molecule has 0 spiro atoms. The molecule has 0 aromatic heterocycles. The van der Waals surface area contributed by atoms with Gasteiger partial charge in [0.15, 0.2) is 0 Å². The van der Waals surface area contributed by atoms with Gasteiger partial charge in [0.25, 0.3) is 0 Å². The van der Waals surface area contributed by atoms with E-state index in [0.717, 1.165) is 0 Å². The minimum absolute atomic E-state index is 0.652. The van der Waals surface area contributed by atoms with Gasteiger partial charge < -0.3 is 10.2 Å². The molecule has 4 N–H and O–H groups in total. The Balaban J connectivity index is 2.96. The molecule has 4 nitrogen and oxygen atoms in total. The van der Waals surface area contributed by atoms with Crippen LogP contribution in [-0.2, 0) is 4.79 Å². The lowest BCUT2D eigenvalue weighted by molar-refractivity contribution is -0.160. The Hall–Kier alpha value is -1.39. The van der Waals surface area contributed by atoms with Gasteiger partial charge in [-0.25, -0.2) is 4.79 Å². The molecule has 0 saturated carbocycles. The highest BCUT2D eigenvalue weighted by atomic mass is 16.4. The van der Waals surface area contributed by atoms with E-state index >= 15 is 0 Å². The summed E-state index contributed by atoms with van der Waals surface area (Å²) in [6.45, 7) is 1.57. The Morgan fingerprint density at radius 3 is 2.36 bits per heavy atom. The number of aliphatic hydroxyl groups is 1. The number of hydrogen-bond donors (Lipinski definition) is 3. The van der Waals surface area contributed by atoms with E-state index in [1.54, 1.807) is 31.2 Å². The lowest BCUT2D eigenvalue weighted by Crippen LogP contribution is -2.52. The standard InChI is InChI=1S/C10H13NO3/c1-7(10(11,14)9(12)13)8-5-3-2-4-6-8/h2-7,14H,11H2,1H3,(H,12,13)/t7?,10-/m0/s1. The molecule has 0 aliphatic heterocycles. The second-order valence-electron chi connectivity index (χ2n) is 3.26. The maximum absolute atomic E-state index is 10.7. The van der Waals surface area contributed by atoms with Gasteiger partial charge in [0.1, 0.15) is 0 Å². The van der Waals surface area contributed by atoms with Gasteiger partial charge in [-0.15, -0.1) is 0 Å². The summed E-state index contributed by atoms with van der Waals surface area (Å²) in [6, 6.07) is 8.80. The van der Waals surface area contributed by atoms with E-state index in [1.807, 2.05) is 6.07 Å². The number of benzene rings is 1. The van der Waals surface area contributed by atoms with E-state index in [2.05, 4.69) is 0 Å². The van der Waals surface area contributed by atoms with E-state index in [1.165, 1.54) is 0 Å². The topological polar surface area (TPSA) is 83.5 Å². The highest BCUT2D eigenvalue weighted by Gasteiger charge is 2.38. The van der Waals surface area contributed by atoms with Crippen molar-refractivity contribution in [1.82, 2.24) is 0 Å². The summed E-state index contributed by atoms with van der Waals surface area (Å²) in [4.78, 5) is 10.7. The predicted octanol–water partition coefficient (Wildman–Crippen LogP) is 0.522. The lowest BCUT2D eigenvalue weighted by atomic mass is 9.91. The zero-order chi connectivity index (χ0) is 10.8. The molecule has 1 rings (SSSR count). The maximum Gasteiger partial charge on any atom is 0.351 e. The number of carbonyl (C=O) groups is 1. The number of carboxylic acids is 1. The van der Waals surface area contributed by atoms with Crippen molar-refractivity contribution in [3.8, 4) is 0 Å². The van der Waals surface area contributed by atoms with Crippen molar-refractivity contribution in [3.05, 3.63) is 35.9 Å². The molecule has 0 heterocycles. The van der Waals surface area contributed by atoms with Gasteiger partial charge in [-0.3, -0.25) is 5.73 Å². The van der Waals surface area contributed by atoms with Crippen molar-refractivity contribution in [3.63, 3.8) is 0 Å². The number of nitrogens with two attached hydrogens (primary N) is 1. The van der Waals surface area contributed by atoms with Crippen LogP contribution in [0, 0.1) is 0 Å². The molecule has 0 aliphatic rings. The molecule has 0 saturated heterocycles. The molecule has 0 fully saturated rings. The number of aliphatic carboxylic acids is 1. The Labute approximate surface area is 82.0 Å². The van der Waals surface area contributed by atoms with Gasteiger partial charge >= 0.3 is 5.97 Å². The second kappa shape index (κ2) is 3.77. The third-order valence-corrected chi connectivity index (χ3v) is 2.30. The molecular formula is C10H13NO3. The number of hydrogen-bond acceptors (Lipinski definition) is 3. The van der Waals surface area contributed by atoms with Crippen LogP contribution < -0.4 is 5.73 Å². The van der Waals surface area contributed by atoms with E-state index in [-0.39, 0.29) is 0 Å². The van der Waals surface area contributed by atoms with Crippen molar-refractivity contribution in [2.24, 2.45) is 5.73 Å². The minimum atomic E-state index is -2.22. The summed E-state index contributed by atoms with van der Waals surface area (Å²) in [7, 11) is 0. The summed E-state index contributed by atoms with van der Waals surface area (Å²) in [6.07, 6.45) is 0.